The standard InChI is InChI=1S/C11H17N7/c1-8(12)9-3-2-6-17(7-9)11-5-4-10-13-15-16-18(10)14-11/h4-5,8-9H,2-3,6-7,12H2,1H3. The highest BCUT2D eigenvalue weighted by atomic mass is 15.6. The number of aromatic nitrogens is 5. The molecule has 1 saturated heterocycles. The molecular weight excluding hydrogens is 230 g/mol. The van der Waals surface area contributed by atoms with Gasteiger partial charge in [-0.1, -0.05) is 0 Å². The van der Waals surface area contributed by atoms with Gasteiger partial charge in [0.2, 0.25) is 0 Å². The summed E-state index contributed by atoms with van der Waals surface area (Å²) >= 11 is 0. The zero-order valence-corrected chi connectivity index (χ0v) is 10.4. The first-order valence-electron chi connectivity index (χ1n) is 6.30. The van der Waals surface area contributed by atoms with Crippen LogP contribution in [0.3, 0.4) is 0 Å². The molecule has 1 aliphatic rings. The van der Waals surface area contributed by atoms with Gasteiger partial charge in [-0.25, -0.2) is 0 Å². The Hall–Kier alpha value is -1.76. The lowest BCUT2D eigenvalue weighted by Crippen LogP contribution is -2.42. The van der Waals surface area contributed by atoms with Crippen LogP contribution < -0.4 is 10.6 Å². The fourth-order valence-electron chi connectivity index (χ4n) is 2.46. The molecule has 96 valence electrons. The van der Waals surface area contributed by atoms with Gasteiger partial charge in [0.1, 0.15) is 0 Å². The minimum absolute atomic E-state index is 0.226. The van der Waals surface area contributed by atoms with E-state index in [2.05, 4.69) is 32.4 Å². The molecule has 0 radical (unpaired) electrons. The predicted octanol–water partition coefficient (Wildman–Crippen LogP) is 0.0829. The third-order valence-electron chi connectivity index (χ3n) is 3.58. The first-order valence-corrected chi connectivity index (χ1v) is 6.30. The average Bonchev–Trinajstić information content (AvgIpc) is 2.86. The lowest BCUT2D eigenvalue weighted by atomic mass is 9.92. The summed E-state index contributed by atoms with van der Waals surface area (Å²) in [6.07, 6.45) is 2.35. The van der Waals surface area contributed by atoms with Crippen molar-refractivity contribution < 1.29 is 0 Å². The zero-order valence-electron chi connectivity index (χ0n) is 10.4. The SMILES string of the molecule is CC(N)C1CCCN(c2ccc3nnnn3n2)C1. The summed E-state index contributed by atoms with van der Waals surface area (Å²) in [6, 6.07) is 4.08. The van der Waals surface area contributed by atoms with E-state index in [9.17, 15) is 0 Å². The molecule has 0 bridgehead atoms. The van der Waals surface area contributed by atoms with E-state index in [1.165, 1.54) is 11.1 Å². The predicted molar refractivity (Wildman–Crippen MR) is 67.2 cm³/mol. The molecule has 0 amide bonds. The second-order valence-corrected chi connectivity index (χ2v) is 4.93. The van der Waals surface area contributed by atoms with Crippen LogP contribution in [0.4, 0.5) is 5.82 Å². The maximum absolute atomic E-state index is 6.00. The van der Waals surface area contributed by atoms with E-state index >= 15 is 0 Å². The van der Waals surface area contributed by atoms with E-state index in [0.29, 0.717) is 11.6 Å². The van der Waals surface area contributed by atoms with Gasteiger partial charge in [0.15, 0.2) is 11.5 Å². The van der Waals surface area contributed by atoms with Gasteiger partial charge in [-0.2, -0.15) is 0 Å². The van der Waals surface area contributed by atoms with Crippen LogP contribution in [0.2, 0.25) is 0 Å². The molecule has 2 atom stereocenters. The summed E-state index contributed by atoms with van der Waals surface area (Å²) < 4.78 is 1.46. The van der Waals surface area contributed by atoms with Crippen LogP contribution in [0.25, 0.3) is 5.65 Å². The quantitative estimate of drug-likeness (QED) is 0.809. The van der Waals surface area contributed by atoms with Gasteiger partial charge >= 0.3 is 0 Å². The summed E-state index contributed by atoms with van der Waals surface area (Å²) in [5.74, 6) is 1.45. The Morgan fingerprint density at radius 3 is 3.17 bits per heavy atom. The largest absolute Gasteiger partial charge is 0.355 e. The topological polar surface area (TPSA) is 85.2 Å². The van der Waals surface area contributed by atoms with Crippen molar-refractivity contribution in [2.75, 3.05) is 18.0 Å². The molecule has 7 heteroatoms. The first kappa shape index (κ1) is 11.3. The number of rotatable bonds is 2. The third-order valence-corrected chi connectivity index (χ3v) is 3.58. The van der Waals surface area contributed by atoms with E-state index in [1.54, 1.807) is 0 Å². The summed E-state index contributed by atoms with van der Waals surface area (Å²) in [5, 5.41) is 15.7. The zero-order chi connectivity index (χ0) is 12.5. The van der Waals surface area contributed by atoms with Crippen LogP contribution in [0.1, 0.15) is 19.8 Å². The van der Waals surface area contributed by atoms with E-state index < -0.39 is 0 Å². The van der Waals surface area contributed by atoms with Crippen molar-refractivity contribution in [2.45, 2.75) is 25.8 Å². The molecule has 1 aliphatic heterocycles. The van der Waals surface area contributed by atoms with Crippen LogP contribution in [-0.2, 0) is 0 Å². The lowest BCUT2D eigenvalue weighted by molar-refractivity contribution is 0.362. The van der Waals surface area contributed by atoms with Crippen LogP contribution >= 0.6 is 0 Å². The number of tetrazole rings is 1. The highest BCUT2D eigenvalue weighted by molar-refractivity contribution is 5.44. The maximum atomic E-state index is 6.00. The molecule has 2 aromatic heterocycles. The van der Waals surface area contributed by atoms with Crippen molar-refractivity contribution in [1.82, 2.24) is 25.3 Å². The minimum atomic E-state index is 0.226. The normalized spacial score (nSPS) is 22.3. The van der Waals surface area contributed by atoms with Crippen LogP contribution in [0.15, 0.2) is 12.1 Å². The summed E-state index contributed by atoms with van der Waals surface area (Å²) in [5.41, 5.74) is 6.66. The number of fused-ring (bicyclic) bond motifs is 1. The Labute approximate surface area is 105 Å². The fraction of sp³-hybridized carbons (Fsp3) is 0.636. The molecule has 2 N–H and O–H groups in total. The Kier molecular flexibility index (Phi) is 2.83. The molecule has 2 unspecified atom stereocenters. The second kappa shape index (κ2) is 4.49. The van der Waals surface area contributed by atoms with Gasteiger partial charge in [-0.05, 0) is 48.2 Å². The molecule has 0 saturated carbocycles. The Morgan fingerprint density at radius 1 is 1.44 bits per heavy atom. The number of hydrogen-bond acceptors (Lipinski definition) is 6. The summed E-state index contributed by atoms with van der Waals surface area (Å²) in [7, 11) is 0. The third kappa shape index (κ3) is 2.01. The molecule has 7 nitrogen and oxygen atoms in total. The van der Waals surface area contributed by atoms with Gasteiger partial charge in [0, 0.05) is 19.1 Å². The molecule has 0 spiro atoms. The van der Waals surface area contributed by atoms with E-state index in [-0.39, 0.29) is 6.04 Å². The maximum Gasteiger partial charge on any atom is 0.200 e. The Bertz CT molecular complexity index is 535. The molecule has 1 fully saturated rings. The van der Waals surface area contributed by atoms with Crippen LogP contribution in [0, 0.1) is 5.92 Å². The molecule has 0 aromatic carbocycles. The van der Waals surface area contributed by atoms with Crippen molar-refractivity contribution in [3.63, 3.8) is 0 Å². The fourth-order valence-corrected chi connectivity index (χ4v) is 2.46. The number of piperidine rings is 1. The Balaban J connectivity index is 1.84. The number of hydrogen-bond donors (Lipinski definition) is 1. The van der Waals surface area contributed by atoms with Gasteiger partial charge in [-0.15, -0.1) is 14.8 Å². The molecule has 18 heavy (non-hydrogen) atoms. The smallest absolute Gasteiger partial charge is 0.200 e. The lowest BCUT2D eigenvalue weighted by Gasteiger charge is -2.35. The van der Waals surface area contributed by atoms with E-state index in [4.69, 9.17) is 5.73 Å². The second-order valence-electron chi connectivity index (χ2n) is 4.93. The number of nitrogens with two attached hydrogens (primary N) is 1. The van der Waals surface area contributed by atoms with Crippen LogP contribution in [-0.4, -0.2) is 44.4 Å². The van der Waals surface area contributed by atoms with Gasteiger partial charge in [0.05, 0.1) is 0 Å². The molecule has 2 aromatic rings. The highest BCUT2D eigenvalue weighted by Gasteiger charge is 2.23. The highest BCUT2D eigenvalue weighted by Crippen LogP contribution is 2.22. The van der Waals surface area contributed by atoms with Gasteiger partial charge < -0.3 is 10.6 Å². The molecular formula is C11H17N7. The van der Waals surface area contributed by atoms with Crippen molar-refractivity contribution in [3.8, 4) is 0 Å². The summed E-state index contributed by atoms with van der Waals surface area (Å²) in [4.78, 5) is 2.26. The average molecular weight is 247 g/mol. The minimum Gasteiger partial charge on any atom is -0.355 e. The van der Waals surface area contributed by atoms with Gasteiger partial charge in [-0.3, -0.25) is 0 Å². The number of nitrogens with zero attached hydrogens (tertiary/aromatic N) is 6. The van der Waals surface area contributed by atoms with Gasteiger partial charge in [0.25, 0.3) is 0 Å². The molecule has 0 aliphatic carbocycles. The number of anilines is 1. The monoisotopic (exact) mass is 247 g/mol. The van der Waals surface area contributed by atoms with E-state index in [1.807, 2.05) is 12.1 Å². The first-order chi connectivity index (χ1) is 8.74. The van der Waals surface area contributed by atoms with Crippen molar-refractivity contribution in [2.24, 2.45) is 11.7 Å². The molecule has 3 rings (SSSR count). The van der Waals surface area contributed by atoms with Crippen molar-refractivity contribution in [1.29, 1.82) is 0 Å². The van der Waals surface area contributed by atoms with Crippen molar-refractivity contribution in [3.05, 3.63) is 12.1 Å². The van der Waals surface area contributed by atoms with Crippen LogP contribution in [0.5, 0.6) is 0 Å². The summed E-state index contributed by atoms with van der Waals surface area (Å²) in [6.45, 7) is 4.05. The molecule has 3 heterocycles. The van der Waals surface area contributed by atoms with E-state index in [0.717, 1.165) is 25.3 Å². The van der Waals surface area contributed by atoms with Crippen molar-refractivity contribution >= 4 is 11.5 Å². The Morgan fingerprint density at radius 2 is 2.33 bits per heavy atom.